The Hall–Kier alpha value is -2.66. The molecule has 1 aromatic heterocycles. The number of carbonyl (C=O) groups excluding carboxylic acids is 2. The molecule has 12 heteroatoms. The summed E-state index contributed by atoms with van der Waals surface area (Å²) in [5.41, 5.74) is 11.8. The van der Waals surface area contributed by atoms with Crippen LogP contribution in [0.2, 0.25) is 5.02 Å². The molecule has 9 nitrogen and oxygen atoms in total. The Balaban J connectivity index is 0.00000512. The quantitative estimate of drug-likeness (QED) is 0.313. The molecule has 0 spiro atoms. The third-order valence-electron chi connectivity index (χ3n) is 4.56. The van der Waals surface area contributed by atoms with Crippen LogP contribution in [0, 0.1) is 0 Å². The van der Waals surface area contributed by atoms with Gasteiger partial charge in [-0.25, -0.2) is 4.79 Å². The van der Waals surface area contributed by atoms with Crippen LogP contribution in [0.5, 0.6) is 0 Å². The first-order valence-electron chi connectivity index (χ1n) is 9.24. The van der Waals surface area contributed by atoms with Crippen LogP contribution in [0.3, 0.4) is 0 Å². The lowest BCUT2D eigenvalue weighted by atomic mass is 9.93. The molecule has 0 aliphatic carbocycles. The maximum atomic E-state index is 12.1. The van der Waals surface area contributed by atoms with Crippen molar-refractivity contribution in [3.8, 4) is 10.4 Å². The zero-order valence-corrected chi connectivity index (χ0v) is 19.1. The van der Waals surface area contributed by atoms with Crippen molar-refractivity contribution in [3.63, 3.8) is 0 Å². The second-order valence-corrected chi connectivity index (χ2v) is 8.35. The van der Waals surface area contributed by atoms with Gasteiger partial charge in [-0.2, -0.15) is 0 Å². The molecule has 0 aliphatic rings. The number of rotatable bonds is 11. The van der Waals surface area contributed by atoms with Crippen LogP contribution in [-0.4, -0.2) is 46.6 Å². The van der Waals surface area contributed by atoms with Crippen molar-refractivity contribution in [2.45, 2.75) is 31.2 Å². The lowest BCUT2D eigenvalue weighted by Crippen LogP contribution is -2.38. The first-order chi connectivity index (χ1) is 14.6. The smallest absolute Gasteiger partial charge is 0.345 e. The molecule has 2 amide bonds. The van der Waals surface area contributed by atoms with Crippen molar-refractivity contribution in [2.75, 3.05) is 6.54 Å². The second kappa shape index (κ2) is 12.4. The fourth-order valence-corrected chi connectivity index (χ4v) is 4.01. The number of aromatic carboxylic acids is 1. The molecular formula is C20H23Cl2N3O6S. The number of hydrogen-bond acceptors (Lipinski definition) is 6. The minimum Gasteiger partial charge on any atom is -0.481 e. The number of amides is 2. The molecule has 0 radical (unpaired) electrons. The predicted molar refractivity (Wildman–Crippen MR) is 123 cm³/mol. The van der Waals surface area contributed by atoms with Crippen LogP contribution in [0.25, 0.3) is 10.4 Å². The maximum Gasteiger partial charge on any atom is 0.345 e. The minimum atomic E-state index is -1.05. The van der Waals surface area contributed by atoms with Crippen molar-refractivity contribution in [3.05, 3.63) is 45.8 Å². The number of carboxylic acids is 2. The highest BCUT2D eigenvalue weighted by Gasteiger charge is 2.20. The molecule has 2 aromatic rings. The zero-order chi connectivity index (χ0) is 23.1. The number of halogens is 2. The number of carbonyl (C=O) groups is 4. The van der Waals surface area contributed by atoms with E-state index >= 15 is 0 Å². The maximum absolute atomic E-state index is 12.1. The lowest BCUT2D eigenvalue weighted by Gasteiger charge is -2.18. The van der Waals surface area contributed by atoms with E-state index in [9.17, 15) is 24.3 Å². The molecule has 7 N–H and O–H groups in total. The first-order valence-corrected chi connectivity index (χ1v) is 10.4. The minimum absolute atomic E-state index is 0. The summed E-state index contributed by atoms with van der Waals surface area (Å²) >= 11 is 7.33. The van der Waals surface area contributed by atoms with E-state index in [-0.39, 0.29) is 49.0 Å². The number of primary amides is 1. The van der Waals surface area contributed by atoms with Gasteiger partial charge in [-0.15, -0.1) is 23.7 Å². The summed E-state index contributed by atoms with van der Waals surface area (Å²) in [5, 5.41) is 21.5. The number of nitrogens with one attached hydrogen (secondary N) is 1. The summed E-state index contributed by atoms with van der Waals surface area (Å²) in [6.07, 6.45) is -0.184. The zero-order valence-electron chi connectivity index (χ0n) is 16.7. The van der Waals surface area contributed by atoms with E-state index in [1.54, 1.807) is 24.3 Å². The highest BCUT2D eigenvalue weighted by molar-refractivity contribution is 7.17. The fraction of sp³-hybridized carbons (Fsp3) is 0.300. The van der Waals surface area contributed by atoms with Crippen LogP contribution in [0.1, 0.15) is 40.4 Å². The van der Waals surface area contributed by atoms with Crippen LogP contribution in [0.4, 0.5) is 0 Å². The van der Waals surface area contributed by atoms with Crippen LogP contribution in [-0.2, 0) is 14.4 Å². The average molecular weight is 504 g/mol. The van der Waals surface area contributed by atoms with Gasteiger partial charge in [0.2, 0.25) is 11.8 Å². The Kier molecular flexibility index (Phi) is 10.6. The van der Waals surface area contributed by atoms with Gasteiger partial charge >= 0.3 is 11.9 Å². The number of benzene rings is 1. The van der Waals surface area contributed by atoms with E-state index in [4.69, 9.17) is 28.2 Å². The van der Waals surface area contributed by atoms with Crippen molar-refractivity contribution in [1.82, 2.24) is 5.32 Å². The Bertz CT molecular complexity index is 997. The number of aliphatic carboxylic acids is 1. The van der Waals surface area contributed by atoms with Crippen LogP contribution in [0.15, 0.2) is 30.3 Å². The summed E-state index contributed by atoms with van der Waals surface area (Å²) in [4.78, 5) is 46.3. The van der Waals surface area contributed by atoms with Gasteiger partial charge < -0.3 is 27.0 Å². The van der Waals surface area contributed by atoms with E-state index in [0.717, 1.165) is 11.3 Å². The molecule has 2 atom stereocenters. The lowest BCUT2D eigenvalue weighted by molar-refractivity contribution is -0.137. The van der Waals surface area contributed by atoms with Crippen molar-refractivity contribution in [1.29, 1.82) is 0 Å². The molecule has 0 aliphatic heterocycles. The van der Waals surface area contributed by atoms with Crippen LogP contribution >= 0.6 is 35.3 Å². The largest absolute Gasteiger partial charge is 0.481 e. The number of hydrogen-bond donors (Lipinski definition) is 5. The SMILES string of the molecule is Cl.NC(=O)C(N)CCC(=O)NCC(CC(=O)O)c1ccc(Cl)c(-c2ccc(C(=O)O)s2)c1. The third-order valence-corrected chi connectivity index (χ3v) is 5.99. The number of carboxylic acid groups (broad SMARTS) is 2. The van der Waals surface area contributed by atoms with Gasteiger partial charge in [-0.1, -0.05) is 17.7 Å². The van der Waals surface area contributed by atoms with Gasteiger partial charge in [0.05, 0.1) is 12.5 Å². The van der Waals surface area contributed by atoms with Crippen molar-refractivity contribution in [2.24, 2.45) is 11.5 Å². The highest BCUT2D eigenvalue weighted by Crippen LogP contribution is 2.36. The summed E-state index contributed by atoms with van der Waals surface area (Å²) in [6.45, 7) is 0.0445. The summed E-state index contributed by atoms with van der Waals surface area (Å²) in [7, 11) is 0. The van der Waals surface area contributed by atoms with Crippen molar-refractivity contribution >= 4 is 59.1 Å². The predicted octanol–water partition coefficient (Wildman–Crippen LogP) is 2.46. The molecule has 0 saturated heterocycles. The van der Waals surface area contributed by atoms with E-state index in [2.05, 4.69) is 5.32 Å². The van der Waals surface area contributed by atoms with E-state index in [1.165, 1.54) is 6.07 Å². The van der Waals surface area contributed by atoms with E-state index < -0.39 is 29.8 Å². The van der Waals surface area contributed by atoms with Gasteiger partial charge in [-0.05, 0) is 36.2 Å². The average Bonchev–Trinajstić information content (AvgIpc) is 3.19. The molecule has 0 saturated carbocycles. The van der Waals surface area contributed by atoms with Gasteiger partial charge in [-0.3, -0.25) is 14.4 Å². The van der Waals surface area contributed by atoms with E-state index in [0.29, 0.717) is 21.0 Å². The third kappa shape index (κ3) is 7.79. The molecule has 1 aromatic carbocycles. The Morgan fingerprint density at radius 3 is 2.38 bits per heavy atom. The second-order valence-electron chi connectivity index (χ2n) is 6.85. The van der Waals surface area contributed by atoms with Gasteiger partial charge in [0.15, 0.2) is 0 Å². The molecule has 1 heterocycles. The molecule has 2 rings (SSSR count). The molecule has 0 fully saturated rings. The number of thiophene rings is 1. The van der Waals surface area contributed by atoms with Gasteiger partial charge in [0, 0.05) is 34.3 Å². The summed E-state index contributed by atoms with van der Waals surface area (Å²) in [5.74, 6) is -3.74. The van der Waals surface area contributed by atoms with E-state index in [1.807, 2.05) is 0 Å². The highest BCUT2D eigenvalue weighted by atomic mass is 35.5. The Morgan fingerprint density at radius 2 is 1.81 bits per heavy atom. The van der Waals surface area contributed by atoms with Gasteiger partial charge in [0.25, 0.3) is 0 Å². The van der Waals surface area contributed by atoms with Crippen LogP contribution < -0.4 is 16.8 Å². The van der Waals surface area contributed by atoms with Gasteiger partial charge in [0.1, 0.15) is 4.88 Å². The Morgan fingerprint density at radius 1 is 1.12 bits per heavy atom. The fourth-order valence-electron chi connectivity index (χ4n) is 2.86. The molecular weight excluding hydrogens is 481 g/mol. The molecule has 0 bridgehead atoms. The molecule has 32 heavy (non-hydrogen) atoms. The topological polar surface area (TPSA) is 173 Å². The summed E-state index contributed by atoms with van der Waals surface area (Å²) in [6, 6.07) is 7.14. The normalized spacial score (nSPS) is 12.3. The summed E-state index contributed by atoms with van der Waals surface area (Å²) < 4.78 is 0. The number of nitrogens with two attached hydrogens (primary N) is 2. The molecule has 2 unspecified atom stereocenters. The Labute approximate surface area is 199 Å². The molecule has 174 valence electrons. The van der Waals surface area contributed by atoms with Crippen molar-refractivity contribution < 1.29 is 29.4 Å². The standard InChI is InChI=1S/C20H22ClN3O6S.ClH/c21-13-2-1-10(7-12(13)15-4-5-16(31-15)20(29)30)11(8-18(26)27)9-24-17(25)6-3-14(22)19(23)28;/h1-2,4-5,7,11,14H,3,6,8-9,22H2,(H2,23,28)(H,24,25)(H,26,27)(H,29,30);1H. The monoisotopic (exact) mass is 503 g/mol. The first kappa shape index (κ1) is 27.4.